The summed E-state index contributed by atoms with van der Waals surface area (Å²) >= 11 is 0. The van der Waals surface area contributed by atoms with Crippen molar-refractivity contribution in [2.45, 2.75) is 26.7 Å². The maximum absolute atomic E-state index is 11.5. The van der Waals surface area contributed by atoms with Gasteiger partial charge in [-0.05, 0) is 6.42 Å². The van der Waals surface area contributed by atoms with Crippen molar-refractivity contribution >= 4 is 11.9 Å². The summed E-state index contributed by atoms with van der Waals surface area (Å²) in [4.78, 5) is 13.0. The Morgan fingerprint density at radius 1 is 1.60 bits per heavy atom. The van der Waals surface area contributed by atoms with Crippen molar-refractivity contribution in [3.05, 3.63) is 0 Å². The maximum Gasteiger partial charge on any atom is 0.317 e. The molecule has 88 valence electrons. The minimum Gasteiger partial charge on any atom is -0.387 e. The topological polar surface area (TPSA) is 82.2 Å². The minimum absolute atomic E-state index is 0.0908. The molecule has 0 aromatic rings. The smallest absolute Gasteiger partial charge is 0.317 e. The van der Waals surface area contributed by atoms with Crippen LogP contribution in [-0.4, -0.2) is 36.9 Å². The van der Waals surface area contributed by atoms with Crippen LogP contribution in [0.15, 0.2) is 0 Å². The Labute approximate surface area is 91.5 Å². The van der Waals surface area contributed by atoms with Crippen LogP contribution in [0.1, 0.15) is 26.7 Å². The molecular weight excluding hydrogens is 192 g/mol. The Balaban J connectivity index is 3.83. The first kappa shape index (κ1) is 13.7. The lowest BCUT2D eigenvalue weighted by atomic mass is 10.1. The predicted octanol–water partition coefficient (Wildman–Crippen LogP) is 1.000. The van der Waals surface area contributed by atoms with Crippen molar-refractivity contribution in [3.8, 4) is 0 Å². The number of nitrogens with zero attached hydrogens (tertiary/aromatic N) is 1. The third kappa shape index (κ3) is 5.93. The molecule has 0 heterocycles. The van der Waals surface area contributed by atoms with Gasteiger partial charge < -0.3 is 16.0 Å². The molecule has 0 radical (unpaired) electrons. The number of nitrogens with two attached hydrogens (primary N) is 1. The lowest BCUT2D eigenvalue weighted by molar-refractivity contribution is 0.206. The van der Waals surface area contributed by atoms with Crippen molar-refractivity contribution in [3.63, 3.8) is 0 Å². The van der Waals surface area contributed by atoms with Crippen LogP contribution in [0.3, 0.4) is 0 Å². The first-order valence-corrected chi connectivity index (χ1v) is 5.31. The first-order chi connectivity index (χ1) is 6.99. The van der Waals surface area contributed by atoms with Gasteiger partial charge in [0.15, 0.2) is 0 Å². The number of hydrogen-bond donors (Lipinski definition) is 3. The Kier molecular flexibility index (Phi) is 6.49. The molecule has 1 unspecified atom stereocenters. The van der Waals surface area contributed by atoms with Gasteiger partial charge in [-0.25, -0.2) is 4.79 Å². The van der Waals surface area contributed by atoms with E-state index in [9.17, 15) is 4.79 Å². The van der Waals surface area contributed by atoms with Gasteiger partial charge in [0.2, 0.25) is 0 Å². The number of amidine groups is 1. The Hall–Kier alpha value is -1.26. The van der Waals surface area contributed by atoms with Crippen molar-refractivity contribution < 1.29 is 4.79 Å². The average Bonchev–Trinajstić information content (AvgIpc) is 2.17. The number of hydrogen-bond acceptors (Lipinski definition) is 2. The second kappa shape index (κ2) is 7.09. The van der Waals surface area contributed by atoms with E-state index in [1.807, 2.05) is 6.92 Å². The number of rotatable bonds is 6. The van der Waals surface area contributed by atoms with Crippen molar-refractivity contribution in [2.24, 2.45) is 11.7 Å². The Morgan fingerprint density at radius 2 is 2.20 bits per heavy atom. The summed E-state index contributed by atoms with van der Waals surface area (Å²) in [6, 6.07) is -0.100. The van der Waals surface area contributed by atoms with E-state index in [1.165, 1.54) is 0 Å². The molecule has 0 rings (SSSR count). The molecule has 0 aliphatic heterocycles. The molecule has 4 N–H and O–H groups in total. The molecule has 15 heavy (non-hydrogen) atoms. The van der Waals surface area contributed by atoms with Gasteiger partial charge in [-0.1, -0.05) is 20.3 Å². The standard InChI is InChI=1S/C10H22N4O/c1-4-5-6-13-10(15)14(3)7-8(2)9(11)12/h8H,4-7H2,1-3H3,(H3,11,12)(H,13,15). The van der Waals surface area contributed by atoms with E-state index in [1.54, 1.807) is 11.9 Å². The molecule has 0 aliphatic carbocycles. The Morgan fingerprint density at radius 3 is 2.67 bits per heavy atom. The summed E-state index contributed by atoms with van der Waals surface area (Å²) in [5, 5.41) is 10.0. The van der Waals surface area contributed by atoms with Gasteiger partial charge in [-0.2, -0.15) is 0 Å². The van der Waals surface area contributed by atoms with Gasteiger partial charge in [0.25, 0.3) is 0 Å². The van der Waals surface area contributed by atoms with Crippen molar-refractivity contribution in [2.75, 3.05) is 20.1 Å². The van der Waals surface area contributed by atoms with Crippen LogP contribution in [0.25, 0.3) is 0 Å². The van der Waals surface area contributed by atoms with Crippen molar-refractivity contribution in [1.29, 1.82) is 5.41 Å². The fraction of sp³-hybridized carbons (Fsp3) is 0.800. The highest BCUT2D eigenvalue weighted by molar-refractivity contribution is 5.80. The summed E-state index contributed by atoms with van der Waals surface area (Å²) in [5.41, 5.74) is 5.33. The number of urea groups is 1. The van der Waals surface area contributed by atoms with Gasteiger partial charge in [0.05, 0.1) is 5.84 Å². The molecule has 0 fully saturated rings. The van der Waals surface area contributed by atoms with E-state index in [-0.39, 0.29) is 17.8 Å². The summed E-state index contributed by atoms with van der Waals surface area (Å²) < 4.78 is 0. The van der Waals surface area contributed by atoms with Gasteiger partial charge >= 0.3 is 6.03 Å². The highest BCUT2D eigenvalue weighted by Gasteiger charge is 2.13. The lowest BCUT2D eigenvalue weighted by Gasteiger charge is -2.21. The molecule has 0 bridgehead atoms. The monoisotopic (exact) mass is 214 g/mol. The highest BCUT2D eigenvalue weighted by Crippen LogP contribution is 1.97. The number of amides is 2. The second-order valence-electron chi connectivity index (χ2n) is 3.82. The van der Waals surface area contributed by atoms with Crippen LogP contribution in [-0.2, 0) is 0 Å². The maximum atomic E-state index is 11.5. The summed E-state index contributed by atoms with van der Waals surface area (Å²) in [6.45, 7) is 5.09. The molecule has 0 aliphatic rings. The minimum atomic E-state index is -0.100. The summed E-state index contributed by atoms with van der Waals surface area (Å²) in [5.74, 6) is 0.0233. The fourth-order valence-corrected chi connectivity index (χ4v) is 1.10. The van der Waals surface area contributed by atoms with Crippen LogP contribution in [0.2, 0.25) is 0 Å². The lowest BCUT2D eigenvalue weighted by Crippen LogP contribution is -2.42. The van der Waals surface area contributed by atoms with E-state index >= 15 is 0 Å². The van der Waals surface area contributed by atoms with Crippen LogP contribution >= 0.6 is 0 Å². The average molecular weight is 214 g/mol. The largest absolute Gasteiger partial charge is 0.387 e. The first-order valence-electron chi connectivity index (χ1n) is 5.31. The number of unbranched alkanes of at least 4 members (excludes halogenated alkanes) is 1. The molecule has 5 nitrogen and oxygen atoms in total. The SMILES string of the molecule is CCCCNC(=O)N(C)CC(C)C(=N)N. The number of carbonyl (C=O) groups is 1. The molecular formula is C10H22N4O. The quantitative estimate of drug-likeness (QED) is 0.350. The van der Waals surface area contributed by atoms with Gasteiger partial charge in [0.1, 0.15) is 0 Å². The molecule has 0 aromatic heterocycles. The summed E-state index contributed by atoms with van der Waals surface area (Å²) in [7, 11) is 1.71. The fourth-order valence-electron chi connectivity index (χ4n) is 1.10. The predicted molar refractivity (Wildman–Crippen MR) is 62.0 cm³/mol. The van der Waals surface area contributed by atoms with Crippen LogP contribution in [0, 0.1) is 11.3 Å². The van der Waals surface area contributed by atoms with Gasteiger partial charge in [-0.3, -0.25) is 5.41 Å². The molecule has 0 aromatic carbocycles. The molecule has 0 spiro atoms. The van der Waals surface area contributed by atoms with Crippen LogP contribution in [0.5, 0.6) is 0 Å². The molecule has 2 amide bonds. The third-order valence-electron chi connectivity index (χ3n) is 2.23. The van der Waals surface area contributed by atoms with E-state index in [2.05, 4.69) is 12.2 Å². The van der Waals surface area contributed by atoms with E-state index in [0.29, 0.717) is 13.1 Å². The van der Waals surface area contributed by atoms with E-state index < -0.39 is 0 Å². The summed E-state index contributed by atoms with van der Waals surface area (Å²) in [6.07, 6.45) is 2.05. The van der Waals surface area contributed by atoms with E-state index in [4.69, 9.17) is 11.1 Å². The molecule has 0 saturated carbocycles. The normalized spacial score (nSPS) is 11.9. The molecule has 5 heteroatoms. The molecule has 0 saturated heterocycles. The van der Waals surface area contributed by atoms with E-state index in [0.717, 1.165) is 12.8 Å². The Bertz CT molecular complexity index is 217. The second-order valence-corrected chi connectivity index (χ2v) is 3.82. The number of carbonyl (C=O) groups excluding carboxylic acids is 1. The zero-order valence-electron chi connectivity index (χ0n) is 9.84. The third-order valence-corrected chi connectivity index (χ3v) is 2.23. The molecule has 1 atom stereocenters. The van der Waals surface area contributed by atoms with Gasteiger partial charge in [0, 0.05) is 26.1 Å². The highest BCUT2D eigenvalue weighted by atomic mass is 16.2. The van der Waals surface area contributed by atoms with Gasteiger partial charge in [-0.15, -0.1) is 0 Å². The van der Waals surface area contributed by atoms with Crippen LogP contribution < -0.4 is 11.1 Å². The zero-order valence-corrected chi connectivity index (χ0v) is 9.84. The van der Waals surface area contributed by atoms with Crippen molar-refractivity contribution in [1.82, 2.24) is 10.2 Å². The zero-order chi connectivity index (χ0) is 11.8. The van der Waals surface area contributed by atoms with Crippen LogP contribution in [0.4, 0.5) is 4.79 Å². The number of nitrogens with one attached hydrogen (secondary N) is 2.